The number of hydrogen-bond acceptors (Lipinski definition) is 1. The molecule has 0 radical (unpaired) electrons. The first-order valence-corrected chi connectivity index (χ1v) is 3.08. The Bertz CT molecular complexity index is 126. The maximum absolute atomic E-state index is 2.21. The van der Waals surface area contributed by atoms with Crippen molar-refractivity contribution in [3.8, 4) is 0 Å². The molecule has 1 aliphatic rings. The van der Waals surface area contributed by atoms with Crippen molar-refractivity contribution in [2.75, 3.05) is 14.1 Å². The molecule has 0 N–H and O–H groups in total. The van der Waals surface area contributed by atoms with E-state index in [2.05, 4.69) is 26.8 Å². The molecule has 2 heteroatoms. The van der Waals surface area contributed by atoms with E-state index < -0.39 is 0 Å². The summed E-state index contributed by atoms with van der Waals surface area (Å²) >= 11 is 0. The molecular formula is C6H12BN. The molecule has 0 aromatic heterocycles. The van der Waals surface area contributed by atoms with Crippen LogP contribution in [0.4, 0.5) is 0 Å². The monoisotopic (exact) mass is 109 g/mol. The fraction of sp³-hybridized carbons (Fsp3) is 0.667. The maximum Gasteiger partial charge on any atom is 0.136 e. The molecule has 44 valence electrons. The van der Waals surface area contributed by atoms with Crippen LogP contribution in [0.1, 0.15) is 12.8 Å². The molecule has 8 heavy (non-hydrogen) atoms. The lowest BCUT2D eigenvalue weighted by atomic mass is 9.79. The summed E-state index contributed by atoms with van der Waals surface area (Å²) in [6, 6.07) is 0. The molecule has 1 aliphatic carbocycles. The van der Waals surface area contributed by atoms with Crippen LogP contribution in [0.2, 0.25) is 0 Å². The van der Waals surface area contributed by atoms with Crippen molar-refractivity contribution in [1.29, 1.82) is 0 Å². The number of hydrogen-bond donors (Lipinski definition) is 0. The topological polar surface area (TPSA) is 3.24 Å². The van der Waals surface area contributed by atoms with Gasteiger partial charge < -0.3 is 4.90 Å². The molecule has 0 heterocycles. The van der Waals surface area contributed by atoms with Crippen LogP contribution in [0.25, 0.3) is 0 Å². The zero-order chi connectivity index (χ0) is 6.15. The van der Waals surface area contributed by atoms with Gasteiger partial charge in [0.15, 0.2) is 0 Å². The fourth-order valence-electron chi connectivity index (χ4n) is 1.09. The van der Waals surface area contributed by atoms with Crippen LogP contribution < -0.4 is 0 Å². The minimum atomic E-state index is 1.29. The molecule has 0 aromatic carbocycles. The number of nitrogens with zero attached hydrogens (tertiary/aromatic N) is 1. The second kappa shape index (κ2) is 1.84. The highest BCUT2D eigenvalue weighted by atomic mass is 15.1. The van der Waals surface area contributed by atoms with Gasteiger partial charge in [0.25, 0.3) is 0 Å². The fourth-order valence-corrected chi connectivity index (χ4v) is 1.09. The summed E-state index contributed by atoms with van der Waals surface area (Å²) in [5.74, 6) is 0. The van der Waals surface area contributed by atoms with E-state index in [1.54, 1.807) is 5.47 Å². The Labute approximate surface area is 51.8 Å². The molecule has 0 unspecified atom stereocenters. The molecule has 0 amide bonds. The minimum absolute atomic E-state index is 1.29. The van der Waals surface area contributed by atoms with Gasteiger partial charge in [-0.1, -0.05) is 5.47 Å². The van der Waals surface area contributed by atoms with Gasteiger partial charge in [0.05, 0.1) is 0 Å². The van der Waals surface area contributed by atoms with Gasteiger partial charge >= 0.3 is 0 Å². The molecule has 0 saturated heterocycles. The molecule has 0 spiro atoms. The second-order valence-corrected chi connectivity index (χ2v) is 2.62. The van der Waals surface area contributed by atoms with E-state index in [4.69, 9.17) is 0 Å². The highest BCUT2D eigenvalue weighted by Gasteiger charge is 2.12. The van der Waals surface area contributed by atoms with E-state index >= 15 is 0 Å². The van der Waals surface area contributed by atoms with Crippen LogP contribution in [0.3, 0.4) is 0 Å². The van der Waals surface area contributed by atoms with Crippen LogP contribution in [0.15, 0.2) is 11.2 Å². The highest BCUT2D eigenvalue weighted by molar-refractivity contribution is 6.22. The van der Waals surface area contributed by atoms with Crippen molar-refractivity contribution in [2.24, 2.45) is 0 Å². The molecule has 0 aliphatic heterocycles. The van der Waals surface area contributed by atoms with Crippen molar-refractivity contribution >= 4 is 7.85 Å². The average Bonchev–Trinajstić information content (AvgIpc) is 1.61. The van der Waals surface area contributed by atoms with E-state index in [-0.39, 0.29) is 0 Å². The summed E-state index contributed by atoms with van der Waals surface area (Å²) in [7, 11) is 6.43. The molecule has 0 atom stereocenters. The van der Waals surface area contributed by atoms with Gasteiger partial charge in [-0.2, -0.15) is 0 Å². The van der Waals surface area contributed by atoms with Crippen LogP contribution >= 0.6 is 0 Å². The Kier molecular flexibility index (Phi) is 1.32. The summed E-state index contributed by atoms with van der Waals surface area (Å²) in [6.07, 6.45) is 2.60. The Morgan fingerprint density at radius 3 is 2.00 bits per heavy atom. The second-order valence-electron chi connectivity index (χ2n) is 2.62. The van der Waals surface area contributed by atoms with Gasteiger partial charge in [-0.15, -0.1) is 0 Å². The van der Waals surface area contributed by atoms with E-state index in [0.717, 1.165) is 0 Å². The molecule has 0 aromatic rings. The van der Waals surface area contributed by atoms with Crippen molar-refractivity contribution < 1.29 is 0 Å². The van der Waals surface area contributed by atoms with Gasteiger partial charge in [-0.3, -0.25) is 0 Å². The Morgan fingerprint density at radius 1 is 1.38 bits per heavy atom. The van der Waals surface area contributed by atoms with Gasteiger partial charge in [0, 0.05) is 19.8 Å². The van der Waals surface area contributed by atoms with Crippen LogP contribution in [0, 0.1) is 0 Å². The lowest BCUT2D eigenvalue weighted by Gasteiger charge is -2.27. The SMILES string of the molecule is BC1=C(N(C)C)CC1. The summed E-state index contributed by atoms with van der Waals surface area (Å²) in [4.78, 5) is 2.21. The zero-order valence-electron chi connectivity index (χ0n) is 5.86. The normalized spacial score (nSPS) is 18.2. The van der Waals surface area contributed by atoms with E-state index in [9.17, 15) is 0 Å². The molecule has 0 fully saturated rings. The first kappa shape index (κ1) is 5.74. The zero-order valence-corrected chi connectivity index (χ0v) is 5.86. The average molecular weight is 109 g/mol. The molecule has 1 nitrogen and oxygen atoms in total. The van der Waals surface area contributed by atoms with Gasteiger partial charge in [-0.25, -0.2) is 0 Å². The van der Waals surface area contributed by atoms with Crippen molar-refractivity contribution in [3.63, 3.8) is 0 Å². The summed E-state index contributed by atoms with van der Waals surface area (Å²) in [5, 5.41) is 0. The van der Waals surface area contributed by atoms with Crippen LogP contribution in [-0.2, 0) is 0 Å². The Balaban J connectivity index is 2.59. The first-order valence-electron chi connectivity index (χ1n) is 3.08. The van der Waals surface area contributed by atoms with E-state index in [1.165, 1.54) is 18.5 Å². The Morgan fingerprint density at radius 2 is 2.00 bits per heavy atom. The summed E-state index contributed by atoms with van der Waals surface area (Å²) in [6.45, 7) is 0. The third-order valence-corrected chi connectivity index (χ3v) is 1.77. The van der Waals surface area contributed by atoms with Crippen LogP contribution in [0.5, 0.6) is 0 Å². The lowest BCUT2D eigenvalue weighted by molar-refractivity contribution is 0.456. The largest absolute Gasteiger partial charge is 0.382 e. The third-order valence-electron chi connectivity index (χ3n) is 1.77. The lowest BCUT2D eigenvalue weighted by Crippen LogP contribution is -2.19. The van der Waals surface area contributed by atoms with Crippen molar-refractivity contribution in [1.82, 2.24) is 4.90 Å². The summed E-state index contributed by atoms with van der Waals surface area (Å²) < 4.78 is 0. The Hall–Kier alpha value is -0.395. The first-order chi connectivity index (χ1) is 3.72. The van der Waals surface area contributed by atoms with E-state index in [0.29, 0.717) is 0 Å². The smallest absolute Gasteiger partial charge is 0.136 e. The van der Waals surface area contributed by atoms with Crippen molar-refractivity contribution in [3.05, 3.63) is 11.2 Å². The number of rotatable bonds is 1. The van der Waals surface area contributed by atoms with Gasteiger partial charge in [0.2, 0.25) is 0 Å². The van der Waals surface area contributed by atoms with Crippen molar-refractivity contribution in [2.45, 2.75) is 12.8 Å². The van der Waals surface area contributed by atoms with Crippen LogP contribution in [-0.4, -0.2) is 26.8 Å². The maximum atomic E-state index is 2.21. The predicted octanol–water partition coefficient (Wildman–Crippen LogP) is 0.186. The summed E-state index contributed by atoms with van der Waals surface area (Å²) in [5.41, 5.74) is 3.10. The minimum Gasteiger partial charge on any atom is -0.382 e. The third kappa shape index (κ3) is 0.748. The van der Waals surface area contributed by atoms with Gasteiger partial charge in [-0.05, 0) is 12.8 Å². The molecule has 0 saturated carbocycles. The molecule has 0 bridgehead atoms. The predicted molar refractivity (Wildman–Crippen MR) is 38.5 cm³/mol. The molecule has 1 rings (SSSR count). The highest BCUT2D eigenvalue weighted by Crippen LogP contribution is 2.25. The van der Waals surface area contributed by atoms with E-state index in [1.807, 2.05) is 0 Å². The standard InChI is InChI=1S/C6H12BN/c1-8(2)6-4-3-5(6)7/h3-4,7H2,1-2H3. The quantitative estimate of drug-likeness (QED) is 0.434. The van der Waals surface area contributed by atoms with Gasteiger partial charge in [0.1, 0.15) is 7.85 Å². The number of allylic oxidation sites excluding steroid dienone is 2. The molecular weight excluding hydrogens is 96.9 g/mol.